The molecule has 100 valence electrons. The molecule has 1 atom stereocenters. The van der Waals surface area contributed by atoms with Crippen molar-refractivity contribution in [2.45, 2.75) is 50.8 Å². The topological polar surface area (TPSA) is 0 Å². The third-order valence-corrected chi connectivity index (χ3v) is 5.00. The maximum atomic E-state index is 13.6. The molecule has 0 radical (unpaired) electrons. The Labute approximate surface area is 112 Å². The Kier molecular flexibility index (Phi) is 4.26. The van der Waals surface area contributed by atoms with Gasteiger partial charge in [-0.3, -0.25) is 0 Å². The summed E-state index contributed by atoms with van der Waals surface area (Å²) < 4.78 is 26.5. The average molecular weight is 273 g/mol. The summed E-state index contributed by atoms with van der Waals surface area (Å²) in [6, 6.07) is 3.75. The molecule has 1 aromatic rings. The Balaban J connectivity index is 2.12. The fourth-order valence-electron chi connectivity index (χ4n) is 3.06. The van der Waals surface area contributed by atoms with Gasteiger partial charge in [-0.05, 0) is 42.7 Å². The highest BCUT2D eigenvalue weighted by atomic mass is 35.5. The third-order valence-electron chi connectivity index (χ3n) is 4.38. The first kappa shape index (κ1) is 13.8. The molecule has 18 heavy (non-hydrogen) atoms. The SMILES string of the molecule is CCC1(C(Cl)Cc2ccc(F)cc2F)CCCC1. The molecule has 0 N–H and O–H groups in total. The highest BCUT2D eigenvalue weighted by molar-refractivity contribution is 6.21. The van der Waals surface area contributed by atoms with Crippen LogP contribution in [-0.2, 0) is 6.42 Å². The van der Waals surface area contributed by atoms with Gasteiger partial charge in [-0.1, -0.05) is 25.8 Å². The van der Waals surface area contributed by atoms with Crippen LogP contribution >= 0.6 is 11.6 Å². The van der Waals surface area contributed by atoms with E-state index in [1.54, 1.807) is 0 Å². The van der Waals surface area contributed by atoms with Gasteiger partial charge in [-0.25, -0.2) is 8.78 Å². The molecule has 2 rings (SSSR count). The number of halogens is 3. The van der Waals surface area contributed by atoms with Crippen LogP contribution in [0.25, 0.3) is 0 Å². The first-order valence-electron chi connectivity index (χ1n) is 6.65. The van der Waals surface area contributed by atoms with Gasteiger partial charge in [-0.2, -0.15) is 0 Å². The van der Waals surface area contributed by atoms with Crippen LogP contribution in [0.4, 0.5) is 8.78 Å². The van der Waals surface area contributed by atoms with Crippen LogP contribution in [0.5, 0.6) is 0 Å². The van der Waals surface area contributed by atoms with Gasteiger partial charge in [-0.15, -0.1) is 11.6 Å². The van der Waals surface area contributed by atoms with E-state index in [-0.39, 0.29) is 10.8 Å². The molecule has 1 unspecified atom stereocenters. The zero-order valence-corrected chi connectivity index (χ0v) is 11.4. The summed E-state index contributed by atoms with van der Waals surface area (Å²) in [7, 11) is 0. The summed E-state index contributed by atoms with van der Waals surface area (Å²) in [6.45, 7) is 2.15. The summed E-state index contributed by atoms with van der Waals surface area (Å²) in [4.78, 5) is 0. The maximum Gasteiger partial charge on any atom is 0.129 e. The van der Waals surface area contributed by atoms with E-state index in [4.69, 9.17) is 11.6 Å². The lowest BCUT2D eigenvalue weighted by atomic mass is 9.78. The second-order valence-corrected chi connectivity index (χ2v) is 5.86. The van der Waals surface area contributed by atoms with Crippen LogP contribution in [0.15, 0.2) is 18.2 Å². The Morgan fingerprint density at radius 1 is 1.28 bits per heavy atom. The van der Waals surface area contributed by atoms with Gasteiger partial charge in [0.25, 0.3) is 0 Å². The van der Waals surface area contributed by atoms with Gasteiger partial charge in [0.1, 0.15) is 11.6 Å². The largest absolute Gasteiger partial charge is 0.207 e. The van der Waals surface area contributed by atoms with E-state index in [2.05, 4.69) is 6.92 Å². The van der Waals surface area contributed by atoms with Crippen LogP contribution in [0.3, 0.4) is 0 Å². The molecule has 0 spiro atoms. The van der Waals surface area contributed by atoms with Crippen molar-refractivity contribution in [1.29, 1.82) is 0 Å². The fourth-order valence-corrected chi connectivity index (χ4v) is 3.60. The molecule has 1 saturated carbocycles. The van der Waals surface area contributed by atoms with Crippen molar-refractivity contribution in [2.75, 3.05) is 0 Å². The van der Waals surface area contributed by atoms with Crippen LogP contribution in [0.2, 0.25) is 0 Å². The number of rotatable bonds is 4. The van der Waals surface area contributed by atoms with Gasteiger partial charge < -0.3 is 0 Å². The van der Waals surface area contributed by atoms with E-state index in [0.29, 0.717) is 12.0 Å². The first-order valence-corrected chi connectivity index (χ1v) is 7.09. The summed E-state index contributed by atoms with van der Waals surface area (Å²) in [6.07, 6.45) is 6.19. The van der Waals surface area contributed by atoms with Crippen molar-refractivity contribution in [1.82, 2.24) is 0 Å². The summed E-state index contributed by atoms with van der Waals surface area (Å²) in [5.41, 5.74) is 0.665. The molecule has 3 heteroatoms. The smallest absolute Gasteiger partial charge is 0.129 e. The normalized spacial score (nSPS) is 20.0. The van der Waals surface area contributed by atoms with Crippen molar-refractivity contribution in [3.63, 3.8) is 0 Å². The molecule has 0 amide bonds. The predicted octanol–water partition coefficient (Wildman–Crippen LogP) is 5.09. The second-order valence-electron chi connectivity index (χ2n) is 5.33. The Bertz CT molecular complexity index is 411. The fraction of sp³-hybridized carbons (Fsp3) is 0.600. The molecule has 1 aromatic carbocycles. The highest BCUT2D eigenvalue weighted by Crippen LogP contribution is 2.47. The van der Waals surface area contributed by atoms with Gasteiger partial charge in [0.2, 0.25) is 0 Å². The van der Waals surface area contributed by atoms with Crippen LogP contribution < -0.4 is 0 Å². The van der Waals surface area contributed by atoms with Crippen LogP contribution in [-0.4, -0.2) is 5.38 Å². The molecule has 1 aliphatic rings. The van der Waals surface area contributed by atoms with Gasteiger partial charge in [0.05, 0.1) is 0 Å². The summed E-state index contributed by atoms with van der Waals surface area (Å²) >= 11 is 6.53. The molecule has 0 heterocycles. The highest BCUT2D eigenvalue weighted by Gasteiger charge is 2.38. The molecular weight excluding hydrogens is 254 g/mol. The third kappa shape index (κ3) is 2.69. The minimum absolute atomic E-state index is 0.0649. The number of hydrogen-bond donors (Lipinski definition) is 0. The van der Waals surface area contributed by atoms with Gasteiger partial charge in [0.15, 0.2) is 0 Å². The molecule has 0 aromatic heterocycles. The van der Waals surface area contributed by atoms with E-state index in [1.807, 2.05) is 0 Å². The van der Waals surface area contributed by atoms with E-state index in [0.717, 1.165) is 25.3 Å². The van der Waals surface area contributed by atoms with Crippen LogP contribution in [0.1, 0.15) is 44.6 Å². The van der Waals surface area contributed by atoms with Crippen molar-refractivity contribution in [3.8, 4) is 0 Å². The lowest BCUT2D eigenvalue weighted by Gasteiger charge is -2.33. The van der Waals surface area contributed by atoms with Gasteiger partial charge >= 0.3 is 0 Å². The minimum atomic E-state index is -0.534. The Morgan fingerprint density at radius 2 is 1.94 bits per heavy atom. The molecule has 0 saturated heterocycles. The van der Waals surface area contributed by atoms with E-state index in [9.17, 15) is 8.78 Å². The summed E-state index contributed by atoms with van der Waals surface area (Å²) in [5, 5.41) is -0.0649. The second kappa shape index (κ2) is 5.56. The van der Waals surface area contributed by atoms with Gasteiger partial charge in [0, 0.05) is 11.4 Å². The number of benzene rings is 1. The zero-order chi connectivity index (χ0) is 13.2. The average Bonchev–Trinajstić information content (AvgIpc) is 2.82. The Morgan fingerprint density at radius 3 is 2.50 bits per heavy atom. The molecule has 0 bridgehead atoms. The first-order chi connectivity index (χ1) is 8.57. The van der Waals surface area contributed by atoms with Crippen LogP contribution in [0, 0.1) is 17.0 Å². The molecule has 1 fully saturated rings. The van der Waals surface area contributed by atoms with E-state index >= 15 is 0 Å². The number of hydrogen-bond acceptors (Lipinski definition) is 0. The molecule has 0 nitrogen and oxygen atoms in total. The molecule has 1 aliphatic carbocycles. The Hall–Kier alpha value is -0.630. The minimum Gasteiger partial charge on any atom is -0.207 e. The monoisotopic (exact) mass is 272 g/mol. The van der Waals surface area contributed by atoms with Crippen molar-refractivity contribution in [2.24, 2.45) is 5.41 Å². The summed E-state index contributed by atoms with van der Waals surface area (Å²) in [5.74, 6) is -1.02. The lowest BCUT2D eigenvalue weighted by Crippen LogP contribution is -2.29. The van der Waals surface area contributed by atoms with Crippen molar-refractivity contribution >= 4 is 11.6 Å². The lowest BCUT2D eigenvalue weighted by molar-refractivity contribution is 0.266. The van der Waals surface area contributed by atoms with Crippen molar-refractivity contribution < 1.29 is 8.78 Å². The maximum absolute atomic E-state index is 13.6. The predicted molar refractivity (Wildman–Crippen MR) is 70.9 cm³/mol. The molecular formula is C15H19ClF2. The zero-order valence-electron chi connectivity index (χ0n) is 10.7. The standard InChI is InChI=1S/C15H19ClF2/c1-2-15(7-3-4-8-15)14(16)9-11-5-6-12(17)10-13(11)18/h5-6,10,14H,2-4,7-9H2,1H3. The quantitative estimate of drug-likeness (QED) is 0.670. The molecule has 0 aliphatic heterocycles. The number of alkyl halides is 1. The van der Waals surface area contributed by atoms with E-state index in [1.165, 1.54) is 25.0 Å². The van der Waals surface area contributed by atoms with Crippen molar-refractivity contribution in [3.05, 3.63) is 35.4 Å². The van der Waals surface area contributed by atoms with E-state index < -0.39 is 11.6 Å².